The van der Waals surface area contributed by atoms with Crippen LogP contribution in [0.25, 0.3) is 0 Å². The van der Waals surface area contributed by atoms with Crippen LogP contribution in [0.1, 0.15) is 33.3 Å². The Labute approximate surface area is 110 Å². The Balaban J connectivity index is 2.47. The molecule has 0 saturated heterocycles. The first-order chi connectivity index (χ1) is 8.40. The lowest BCUT2D eigenvalue weighted by Gasteiger charge is -2.20. The fourth-order valence-electron chi connectivity index (χ4n) is 1.55. The molecule has 1 N–H and O–H groups in total. The zero-order valence-electron chi connectivity index (χ0n) is 12.1. The van der Waals surface area contributed by atoms with Crippen molar-refractivity contribution < 1.29 is 9.47 Å². The normalized spacial score (nSPS) is 13.4. The summed E-state index contributed by atoms with van der Waals surface area (Å²) in [6.07, 6.45) is 0.0774. The highest BCUT2D eigenvalue weighted by Crippen LogP contribution is 2.14. The number of methoxy groups -OCH3 is 1. The van der Waals surface area contributed by atoms with Gasteiger partial charge in [0.05, 0.1) is 6.61 Å². The van der Waals surface area contributed by atoms with Crippen LogP contribution in [0.3, 0.4) is 0 Å². The van der Waals surface area contributed by atoms with Crippen molar-refractivity contribution in [1.82, 2.24) is 5.32 Å². The van der Waals surface area contributed by atoms with E-state index in [2.05, 4.69) is 38.2 Å². The van der Waals surface area contributed by atoms with E-state index in [-0.39, 0.29) is 11.6 Å². The van der Waals surface area contributed by atoms with Gasteiger partial charge < -0.3 is 14.8 Å². The van der Waals surface area contributed by atoms with Crippen LogP contribution in [-0.2, 0) is 11.3 Å². The van der Waals surface area contributed by atoms with Gasteiger partial charge in [0.2, 0.25) is 0 Å². The second kappa shape index (κ2) is 6.76. The van der Waals surface area contributed by atoms with Crippen LogP contribution in [0.5, 0.6) is 5.75 Å². The summed E-state index contributed by atoms with van der Waals surface area (Å²) in [7, 11) is 1.68. The zero-order chi connectivity index (χ0) is 13.6. The molecule has 0 heterocycles. The van der Waals surface area contributed by atoms with Crippen LogP contribution in [0.2, 0.25) is 0 Å². The van der Waals surface area contributed by atoms with Gasteiger partial charge in [0, 0.05) is 19.2 Å². The molecule has 0 amide bonds. The largest absolute Gasteiger partial charge is 0.488 e. The smallest absolute Gasteiger partial charge is 0.119 e. The summed E-state index contributed by atoms with van der Waals surface area (Å²) in [4.78, 5) is 0. The van der Waals surface area contributed by atoms with Crippen LogP contribution < -0.4 is 10.1 Å². The first-order valence-electron chi connectivity index (χ1n) is 6.40. The maximum atomic E-state index is 5.71. The summed E-state index contributed by atoms with van der Waals surface area (Å²) < 4.78 is 10.8. The van der Waals surface area contributed by atoms with E-state index in [1.165, 1.54) is 5.56 Å². The highest BCUT2D eigenvalue weighted by Gasteiger charge is 2.08. The molecule has 0 aliphatic heterocycles. The maximum Gasteiger partial charge on any atom is 0.119 e. The zero-order valence-corrected chi connectivity index (χ0v) is 12.1. The van der Waals surface area contributed by atoms with Gasteiger partial charge in [-0.1, -0.05) is 12.1 Å². The molecule has 0 aliphatic carbocycles. The number of ether oxygens (including phenoxy) is 2. The lowest BCUT2D eigenvalue weighted by molar-refractivity contribution is 0.0921. The molecule has 0 radical (unpaired) electrons. The fraction of sp³-hybridized carbons (Fsp3) is 0.600. The van der Waals surface area contributed by atoms with Crippen LogP contribution in [0.15, 0.2) is 24.3 Å². The second-order valence-electron chi connectivity index (χ2n) is 5.63. The summed E-state index contributed by atoms with van der Waals surface area (Å²) in [6.45, 7) is 9.97. The third-order valence-electron chi connectivity index (χ3n) is 2.48. The minimum absolute atomic E-state index is 0.0774. The molecule has 18 heavy (non-hydrogen) atoms. The average molecular weight is 251 g/mol. The predicted octanol–water partition coefficient (Wildman–Crippen LogP) is 2.99. The number of rotatable bonds is 6. The van der Waals surface area contributed by atoms with Gasteiger partial charge in [0.1, 0.15) is 11.9 Å². The Morgan fingerprint density at radius 3 is 2.28 bits per heavy atom. The minimum atomic E-state index is 0.0774. The van der Waals surface area contributed by atoms with Crippen molar-refractivity contribution in [2.24, 2.45) is 0 Å². The Morgan fingerprint density at radius 1 is 1.17 bits per heavy atom. The Kier molecular flexibility index (Phi) is 5.63. The van der Waals surface area contributed by atoms with Crippen LogP contribution >= 0.6 is 0 Å². The van der Waals surface area contributed by atoms with Gasteiger partial charge in [0.25, 0.3) is 0 Å². The Bertz CT molecular complexity index is 341. The van der Waals surface area contributed by atoms with Crippen LogP contribution in [-0.4, -0.2) is 25.4 Å². The van der Waals surface area contributed by atoms with Crippen molar-refractivity contribution >= 4 is 0 Å². The van der Waals surface area contributed by atoms with E-state index in [1.807, 2.05) is 19.1 Å². The molecule has 0 fully saturated rings. The molecule has 1 atom stereocenters. The van der Waals surface area contributed by atoms with Gasteiger partial charge in [-0.3, -0.25) is 0 Å². The second-order valence-corrected chi connectivity index (χ2v) is 5.63. The lowest BCUT2D eigenvalue weighted by atomic mass is 10.1. The Morgan fingerprint density at radius 2 is 1.78 bits per heavy atom. The molecule has 0 aliphatic rings. The number of hydrogen-bond donors (Lipinski definition) is 1. The van der Waals surface area contributed by atoms with E-state index in [9.17, 15) is 0 Å². The van der Waals surface area contributed by atoms with Crippen molar-refractivity contribution in [2.45, 2.75) is 45.9 Å². The predicted molar refractivity (Wildman–Crippen MR) is 75.0 cm³/mol. The monoisotopic (exact) mass is 251 g/mol. The molecule has 0 bridgehead atoms. The van der Waals surface area contributed by atoms with E-state index >= 15 is 0 Å². The summed E-state index contributed by atoms with van der Waals surface area (Å²) in [5.74, 6) is 0.888. The van der Waals surface area contributed by atoms with Gasteiger partial charge in [-0.2, -0.15) is 0 Å². The first kappa shape index (κ1) is 15.0. The topological polar surface area (TPSA) is 30.5 Å². The van der Waals surface area contributed by atoms with Crippen molar-refractivity contribution in [2.75, 3.05) is 13.7 Å². The highest BCUT2D eigenvalue weighted by atomic mass is 16.5. The van der Waals surface area contributed by atoms with E-state index in [0.717, 1.165) is 12.3 Å². The molecule has 102 valence electrons. The van der Waals surface area contributed by atoms with E-state index in [0.29, 0.717) is 6.61 Å². The summed E-state index contributed by atoms with van der Waals surface area (Å²) >= 11 is 0. The quantitative estimate of drug-likeness (QED) is 0.843. The maximum absolute atomic E-state index is 5.71. The SMILES string of the molecule is COCC(C)Oc1ccc(CNC(C)(C)C)cc1. The third kappa shape index (κ3) is 6.03. The molecule has 0 saturated carbocycles. The van der Waals surface area contributed by atoms with Crippen molar-refractivity contribution in [3.8, 4) is 5.75 Å². The molecule has 1 aromatic rings. The lowest BCUT2D eigenvalue weighted by Crippen LogP contribution is -2.35. The van der Waals surface area contributed by atoms with Gasteiger partial charge in [-0.15, -0.1) is 0 Å². The van der Waals surface area contributed by atoms with Gasteiger partial charge in [0.15, 0.2) is 0 Å². The fourth-order valence-corrected chi connectivity index (χ4v) is 1.55. The summed E-state index contributed by atoms with van der Waals surface area (Å²) in [5.41, 5.74) is 1.40. The van der Waals surface area contributed by atoms with Crippen LogP contribution in [0, 0.1) is 0 Å². The minimum Gasteiger partial charge on any atom is -0.488 e. The first-order valence-corrected chi connectivity index (χ1v) is 6.40. The Hall–Kier alpha value is -1.06. The van der Waals surface area contributed by atoms with E-state index in [1.54, 1.807) is 7.11 Å². The summed E-state index contributed by atoms with van der Waals surface area (Å²) in [5, 5.41) is 3.46. The van der Waals surface area contributed by atoms with Gasteiger partial charge in [-0.05, 0) is 45.4 Å². The molecule has 3 heteroatoms. The molecule has 1 rings (SSSR count). The molecule has 0 spiro atoms. The number of hydrogen-bond acceptors (Lipinski definition) is 3. The molecular weight excluding hydrogens is 226 g/mol. The van der Waals surface area contributed by atoms with E-state index in [4.69, 9.17) is 9.47 Å². The standard InChI is InChI=1S/C15H25NO2/c1-12(11-17-5)18-14-8-6-13(7-9-14)10-16-15(2,3)4/h6-9,12,16H,10-11H2,1-5H3. The number of benzene rings is 1. The molecule has 1 aromatic carbocycles. The van der Waals surface area contributed by atoms with E-state index < -0.39 is 0 Å². The third-order valence-corrected chi connectivity index (χ3v) is 2.48. The highest BCUT2D eigenvalue weighted by molar-refractivity contribution is 5.27. The molecule has 3 nitrogen and oxygen atoms in total. The van der Waals surface area contributed by atoms with Crippen LogP contribution in [0.4, 0.5) is 0 Å². The number of nitrogens with one attached hydrogen (secondary N) is 1. The molecular formula is C15H25NO2. The van der Waals surface area contributed by atoms with Crippen molar-refractivity contribution in [1.29, 1.82) is 0 Å². The van der Waals surface area contributed by atoms with Gasteiger partial charge in [-0.25, -0.2) is 0 Å². The average Bonchev–Trinajstić information content (AvgIpc) is 2.27. The summed E-state index contributed by atoms with van der Waals surface area (Å²) in [6, 6.07) is 8.19. The van der Waals surface area contributed by atoms with Crippen molar-refractivity contribution in [3.05, 3.63) is 29.8 Å². The molecule has 0 aromatic heterocycles. The van der Waals surface area contributed by atoms with Crippen molar-refractivity contribution in [3.63, 3.8) is 0 Å². The molecule has 1 unspecified atom stereocenters. The van der Waals surface area contributed by atoms with Gasteiger partial charge >= 0.3 is 0 Å².